The Morgan fingerprint density at radius 1 is 1.33 bits per heavy atom. The highest BCUT2D eigenvalue weighted by Crippen LogP contribution is 2.43. The van der Waals surface area contributed by atoms with Gasteiger partial charge in [-0.05, 0) is 75.1 Å². The molecule has 1 amide bonds. The highest BCUT2D eigenvalue weighted by atomic mass is 32.1. The average Bonchev–Trinajstić information content (AvgIpc) is 2.91. The number of hydrogen-bond donors (Lipinski definition) is 3. The number of nitrogens with one attached hydrogen (secondary N) is 2. The third kappa shape index (κ3) is 5.55. The van der Waals surface area contributed by atoms with Gasteiger partial charge in [-0.2, -0.15) is 0 Å². The van der Waals surface area contributed by atoms with E-state index in [4.69, 9.17) is 9.90 Å². The molecule has 0 aromatic carbocycles. The first-order chi connectivity index (χ1) is 12.8. The molecule has 27 heavy (non-hydrogen) atoms. The summed E-state index contributed by atoms with van der Waals surface area (Å²) >= 11 is 1.82. The van der Waals surface area contributed by atoms with Gasteiger partial charge in [-0.25, -0.2) is 0 Å². The molecule has 2 aliphatic carbocycles. The molecular formula is C21H34N2O3S. The van der Waals surface area contributed by atoms with E-state index >= 15 is 0 Å². The number of rotatable bonds is 4. The van der Waals surface area contributed by atoms with E-state index < -0.39 is 0 Å². The van der Waals surface area contributed by atoms with Gasteiger partial charge in [0.25, 0.3) is 6.47 Å². The van der Waals surface area contributed by atoms with Crippen LogP contribution in [-0.2, 0) is 22.4 Å². The van der Waals surface area contributed by atoms with Gasteiger partial charge in [-0.3, -0.25) is 9.59 Å². The number of thiophene rings is 1. The monoisotopic (exact) mass is 394 g/mol. The molecule has 0 bridgehead atoms. The molecule has 1 aromatic rings. The second kappa shape index (κ2) is 9.69. The topological polar surface area (TPSA) is 78.4 Å². The number of carboxylic acid groups (broad SMARTS) is 1. The molecule has 1 heterocycles. The van der Waals surface area contributed by atoms with Gasteiger partial charge in [0.2, 0.25) is 5.91 Å². The van der Waals surface area contributed by atoms with Crippen LogP contribution in [0.5, 0.6) is 0 Å². The summed E-state index contributed by atoms with van der Waals surface area (Å²) in [5.74, 6) is 0.898. The zero-order chi connectivity index (χ0) is 20.0. The van der Waals surface area contributed by atoms with Gasteiger partial charge in [0, 0.05) is 10.8 Å². The van der Waals surface area contributed by atoms with Gasteiger partial charge in [0.1, 0.15) is 0 Å². The number of anilines is 1. The summed E-state index contributed by atoms with van der Waals surface area (Å²) in [6.07, 6.45) is 8.22. The molecule has 1 saturated carbocycles. The maximum absolute atomic E-state index is 12.9. The molecule has 6 heteroatoms. The number of fused-ring (bicyclic) bond motifs is 1. The molecule has 2 atom stereocenters. The first-order valence-corrected chi connectivity index (χ1v) is 10.8. The van der Waals surface area contributed by atoms with Crippen molar-refractivity contribution in [3.63, 3.8) is 0 Å². The summed E-state index contributed by atoms with van der Waals surface area (Å²) in [6.45, 7) is 7.61. The van der Waals surface area contributed by atoms with Crippen molar-refractivity contribution in [2.45, 2.75) is 65.7 Å². The molecule has 2 aliphatic rings. The van der Waals surface area contributed by atoms with Gasteiger partial charge in [0.15, 0.2) is 0 Å². The highest BCUT2D eigenvalue weighted by Gasteiger charge is 2.33. The summed E-state index contributed by atoms with van der Waals surface area (Å²) in [5.41, 5.74) is 3.21. The average molecular weight is 395 g/mol. The van der Waals surface area contributed by atoms with Crippen LogP contribution in [0.3, 0.4) is 0 Å². The van der Waals surface area contributed by atoms with Crippen LogP contribution in [0.15, 0.2) is 0 Å². The lowest BCUT2D eigenvalue weighted by atomic mass is 9.76. The number of amides is 1. The number of hydrogen-bond acceptors (Lipinski definition) is 4. The van der Waals surface area contributed by atoms with Crippen LogP contribution in [0.25, 0.3) is 0 Å². The molecule has 0 spiro atoms. The molecular weight excluding hydrogens is 360 g/mol. The molecule has 0 aliphatic heterocycles. The van der Waals surface area contributed by atoms with Crippen molar-refractivity contribution in [1.29, 1.82) is 0 Å². The molecule has 1 fully saturated rings. The first-order valence-electron chi connectivity index (χ1n) is 9.97. The van der Waals surface area contributed by atoms with Crippen LogP contribution in [0.1, 0.15) is 62.0 Å². The maximum Gasteiger partial charge on any atom is 0.290 e. The summed E-state index contributed by atoms with van der Waals surface area (Å²) in [5, 5.41) is 14.6. The summed E-state index contributed by atoms with van der Waals surface area (Å²) in [4.78, 5) is 22.8. The Balaban J connectivity index is 0.000000817. The molecule has 5 nitrogen and oxygen atoms in total. The van der Waals surface area contributed by atoms with Gasteiger partial charge in [-0.1, -0.05) is 26.7 Å². The Hall–Kier alpha value is -1.40. The van der Waals surface area contributed by atoms with E-state index in [0.717, 1.165) is 30.8 Å². The van der Waals surface area contributed by atoms with Crippen molar-refractivity contribution < 1.29 is 14.7 Å². The SMILES string of the molecule is CNCC1CCCCC1C(=O)Nc1sc2c(c1C)CC(C)(C)CC2.O=CO. The van der Waals surface area contributed by atoms with E-state index in [0.29, 0.717) is 11.3 Å². The van der Waals surface area contributed by atoms with Gasteiger partial charge >= 0.3 is 0 Å². The minimum absolute atomic E-state index is 0.168. The van der Waals surface area contributed by atoms with E-state index in [1.807, 2.05) is 18.4 Å². The lowest BCUT2D eigenvalue weighted by molar-refractivity contribution is -0.123. The van der Waals surface area contributed by atoms with Crippen molar-refractivity contribution in [3.8, 4) is 0 Å². The largest absolute Gasteiger partial charge is 0.483 e. The van der Waals surface area contributed by atoms with Gasteiger partial charge in [0.05, 0.1) is 5.00 Å². The Morgan fingerprint density at radius 3 is 2.67 bits per heavy atom. The Kier molecular flexibility index (Phi) is 7.86. The van der Waals surface area contributed by atoms with Crippen molar-refractivity contribution in [1.82, 2.24) is 5.32 Å². The molecule has 152 valence electrons. The lowest BCUT2D eigenvalue weighted by Crippen LogP contribution is -2.36. The van der Waals surface area contributed by atoms with Crippen LogP contribution in [0, 0.1) is 24.2 Å². The highest BCUT2D eigenvalue weighted by molar-refractivity contribution is 7.16. The fourth-order valence-corrected chi connectivity index (χ4v) is 5.67. The van der Waals surface area contributed by atoms with Crippen LogP contribution >= 0.6 is 11.3 Å². The van der Waals surface area contributed by atoms with Gasteiger partial charge < -0.3 is 15.7 Å². The second-order valence-corrected chi connectivity index (χ2v) is 9.71. The summed E-state index contributed by atoms with van der Waals surface area (Å²) in [6, 6.07) is 0. The predicted octanol–water partition coefficient (Wildman–Crippen LogP) is 4.24. The smallest absolute Gasteiger partial charge is 0.290 e. The van der Waals surface area contributed by atoms with E-state index in [1.165, 1.54) is 41.7 Å². The van der Waals surface area contributed by atoms with Crippen LogP contribution in [-0.4, -0.2) is 31.1 Å². The number of carbonyl (C=O) groups excluding carboxylic acids is 1. The summed E-state index contributed by atoms with van der Waals surface area (Å²) in [7, 11) is 1.99. The maximum atomic E-state index is 12.9. The Morgan fingerprint density at radius 2 is 2.00 bits per heavy atom. The van der Waals surface area contributed by atoms with Crippen molar-refractivity contribution >= 4 is 28.7 Å². The third-order valence-electron chi connectivity index (χ3n) is 5.99. The minimum atomic E-state index is -0.250. The molecule has 0 radical (unpaired) electrons. The van der Waals surface area contributed by atoms with Crippen molar-refractivity contribution in [3.05, 3.63) is 16.0 Å². The fourth-order valence-electron chi connectivity index (χ4n) is 4.44. The Bertz CT molecular complexity index is 652. The standard InChI is InChI=1S/C20H32N2OS.CH2O2/c1-13-16-11-20(2,3)10-9-17(16)24-19(13)22-18(23)15-8-6-5-7-14(15)12-21-4;2-1-3/h14-15,21H,5-12H2,1-4H3,(H,22,23);1H,(H,2,3). The first kappa shape index (κ1) is 21.9. The fraction of sp³-hybridized carbons (Fsp3) is 0.714. The van der Waals surface area contributed by atoms with Crippen LogP contribution in [0.4, 0.5) is 5.00 Å². The van der Waals surface area contributed by atoms with Crippen LogP contribution < -0.4 is 10.6 Å². The van der Waals surface area contributed by atoms with Gasteiger partial charge in [-0.15, -0.1) is 11.3 Å². The third-order valence-corrected chi connectivity index (χ3v) is 7.30. The number of aryl methyl sites for hydroxylation is 1. The lowest BCUT2D eigenvalue weighted by Gasteiger charge is -2.30. The zero-order valence-corrected chi connectivity index (χ0v) is 17.9. The molecule has 2 unspecified atom stereocenters. The summed E-state index contributed by atoms with van der Waals surface area (Å²) < 4.78 is 0. The van der Waals surface area contributed by atoms with E-state index in [-0.39, 0.29) is 18.3 Å². The number of carbonyl (C=O) groups is 2. The molecule has 0 saturated heterocycles. The van der Waals surface area contributed by atoms with Crippen molar-refractivity contribution in [2.24, 2.45) is 17.3 Å². The normalized spacial score (nSPS) is 23.6. The van der Waals surface area contributed by atoms with E-state index in [2.05, 4.69) is 31.4 Å². The van der Waals surface area contributed by atoms with E-state index in [9.17, 15) is 4.79 Å². The van der Waals surface area contributed by atoms with Crippen molar-refractivity contribution in [2.75, 3.05) is 18.9 Å². The molecule has 3 rings (SSSR count). The Labute approximate surface area is 166 Å². The van der Waals surface area contributed by atoms with E-state index in [1.54, 1.807) is 0 Å². The van der Waals surface area contributed by atoms with Crippen LogP contribution in [0.2, 0.25) is 0 Å². The zero-order valence-electron chi connectivity index (χ0n) is 17.1. The minimum Gasteiger partial charge on any atom is -0.483 e. The molecule has 1 aromatic heterocycles. The quantitative estimate of drug-likeness (QED) is 0.668. The second-order valence-electron chi connectivity index (χ2n) is 8.60. The molecule has 3 N–H and O–H groups in total. The predicted molar refractivity (Wildman–Crippen MR) is 112 cm³/mol.